The first-order valence-electron chi connectivity index (χ1n) is 10.7. The number of ether oxygens (including phenoxy) is 1. The number of hydrogen-bond donors (Lipinski definition) is 2. The van der Waals surface area contributed by atoms with E-state index in [-0.39, 0.29) is 6.10 Å². The number of aromatic hydroxyl groups is 1. The van der Waals surface area contributed by atoms with E-state index in [1.165, 1.54) is 23.8 Å². The molecular weight excluding hydrogens is 336 g/mol. The zero-order chi connectivity index (χ0) is 18.5. The molecule has 0 radical (unpaired) electrons. The molecule has 2 aromatic rings. The van der Waals surface area contributed by atoms with Crippen molar-refractivity contribution in [1.29, 1.82) is 0 Å². The fourth-order valence-corrected chi connectivity index (χ4v) is 6.41. The summed E-state index contributed by atoms with van der Waals surface area (Å²) in [6.07, 6.45) is 7.95. The van der Waals surface area contributed by atoms with Crippen LogP contribution in [0.15, 0.2) is 30.3 Å². The molecule has 1 heterocycles. The van der Waals surface area contributed by atoms with Gasteiger partial charge < -0.3 is 14.9 Å². The lowest BCUT2D eigenvalue weighted by Gasteiger charge is -2.52. The molecule has 144 valence electrons. The Balaban J connectivity index is 1.52. The smallest absolute Gasteiger partial charge is 0.123 e. The number of rotatable bonds is 2. The van der Waals surface area contributed by atoms with Gasteiger partial charge in [0.2, 0.25) is 0 Å². The summed E-state index contributed by atoms with van der Waals surface area (Å²) >= 11 is 0. The maximum atomic E-state index is 10.3. The van der Waals surface area contributed by atoms with Crippen LogP contribution in [-0.2, 0) is 6.42 Å². The van der Waals surface area contributed by atoms with Gasteiger partial charge in [0.25, 0.3) is 0 Å². The molecule has 6 unspecified atom stereocenters. The van der Waals surface area contributed by atoms with Crippen LogP contribution in [0.1, 0.15) is 51.0 Å². The lowest BCUT2D eigenvalue weighted by atomic mass is 9.57. The Labute approximate surface area is 161 Å². The highest BCUT2D eigenvalue weighted by molar-refractivity contribution is 5.89. The van der Waals surface area contributed by atoms with Gasteiger partial charge in [-0.15, -0.1) is 0 Å². The van der Waals surface area contributed by atoms with Crippen LogP contribution in [0.4, 0.5) is 0 Å². The summed E-state index contributed by atoms with van der Waals surface area (Å²) < 4.78 is 6.60. The van der Waals surface area contributed by atoms with Crippen LogP contribution in [0.5, 0.6) is 11.5 Å². The van der Waals surface area contributed by atoms with Crippen LogP contribution in [0.2, 0.25) is 0 Å². The van der Waals surface area contributed by atoms with E-state index >= 15 is 0 Å². The Morgan fingerprint density at radius 2 is 1.93 bits per heavy atom. The normalized spacial score (nSPS) is 35.0. The van der Waals surface area contributed by atoms with Crippen molar-refractivity contribution in [3.63, 3.8) is 0 Å². The third-order valence-corrected chi connectivity index (χ3v) is 7.55. The summed E-state index contributed by atoms with van der Waals surface area (Å²) in [6, 6.07) is 9.84. The predicted molar refractivity (Wildman–Crippen MR) is 107 cm³/mol. The number of phenolic OH excluding ortho intramolecular Hbond substituents is 1. The molecule has 2 fully saturated rings. The highest BCUT2D eigenvalue weighted by atomic mass is 16.5. The van der Waals surface area contributed by atoms with E-state index < -0.39 is 0 Å². The van der Waals surface area contributed by atoms with Gasteiger partial charge >= 0.3 is 0 Å². The summed E-state index contributed by atoms with van der Waals surface area (Å²) in [5, 5.41) is 22.4. The van der Waals surface area contributed by atoms with Gasteiger partial charge in [-0.1, -0.05) is 31.9 Å². The number of fused-ring (bicyclic) bond motifs is 6. The standard InChI is InChI=1S/C24H30O3/c1-2-3-14-11-24-22(19-8-6-17(26)12-20(14)19)13-21-18-7-5-16(25)10-15(18)4-9-23(21)27-24/h4-5,7,9-10,14,17,19-20,22,24-26H,2-3,6,8,11-13H2,1H3. The molecule has 3 nitrogen and oxygen atoms in total. The molecular formula is C24H30O3. The number of benzene rings is 2. The van der Waals surface area contributed by atoms with Crippen LogP contribution in [0, 0.1) is 23.7 Å². The van der Waals surface area contributed by atoms with Crippen molar-refractivity contribution in [2.24, 2.45) is 23.7 Å². The Bertz CT molecular complexity index is 845. The lowest BCUT2D eigenvalue weighted by Crippen LogP contribution is -2.50. The minimum atomic E-state index is -0.109. The Hall–Kier alpha value is -1.74. The van der Waals surface area contributed by atoms with Gasteiger partial charge in [-0.2, -0.15) is 0 Å². The lowest BCUT2D eigenvalue weighted by molar-refractivity contribution is -0.0721. The van der Waals surface area contributed by atoms with E-state index in [2.05, 4.69) is 19.1 Å². The fourth-order valence-electron chi connectivity index (χ4n) is 6.41. The average Bonchev–Trinajstić information content (AvgIpc) is 2.66. The molecule has 3 aliphatic rings. The van der Waals surface area contributed by atoms with E-state index in [0.717, 1.165) is 43.2 Å². The molecule has 3 heteroatoms. The molecule has 0 aromatic heterocycles. The number of hydrogen-bond acceptors (Lipinski definition) is 3. The molecule has 1 aliphatic heterocycles. The first-order valence-corrected chi connectivity index (χ1v) is 10.7. The van der Waals surface area contributed by atoms with Crippen molar-refractivity contribution >= 4 is 10.8 Å². The van der Waals surface area contributed by atoms with Crippen molar-refractivity contribution in [2.45, 2.75) is 64.1 Å². The zero-order valence-corrected chi connectivity index (χ0v) is 16.1. The number of aliphatic hydroxyl groups is 1. The third kappa shape index (κ3) is 2.91. The Morgan fingerprint density at radius 1 is 1.04 bits per heavy atom. The molecule has 5 rings (SSSR count). The maximum absolute atomic E-state index is 10.3. The van der Waals surface area contributed by atoms with E-state index in [4.69, 9.17) is 4.74 Å². The zero-order valence-electron chi connectivity index (χ0n) is 16.1. The van der Waals surface area contributed by atoms with Crippen LogP contribution < -0.4 is 4.74 Å². The molecule has 6 atom stereocenters. The molecule has 0 bridgehead atoms. The van der Waals surface area contributed by atoms with Gasteiger partial charge in [0.1, 0.15) is 17.6 Å². The summed E-state index contributed by atoms with van der Waals surface area (Å²) in [7, 11) is 0. The summed E-state index contributed by atoms with van der Waals surface area (Å²) in [5.41, 5.74) is 1.31. The average molecular weight is 367 g/mol. The quantitative estimate of drug-likeness (QED) is 0.781. The summed E-state index contributed by atoms with van der Waals surface area (Å²) in [6.45, 7) is 2.28. The van der Waals surface area contributed by atoms with E-state index in [1.54, 1.807) is 6.07 Å². The number of aliphatic hydroxyl groups excluding tert-OH is 1. The highest BCUT2D eigenvalue weighted by Gasteiger charge is 2.49. The van der Waals surface area contributed by atoms with Crippen LogP contribution >= 0.6 is 0 Å². The fraction of sp³-hybridized carbons (Fsp3) is 0.583. The van der Waals surface area contributed by atoms with Gasteiger partial charge in [-0.05, 0) is 78.8 Å². The van der Waals surface area contributed by atoms with Gasteiger partial charge in [0.15, 0.2) is 0 Å². The first-order chi connectivity index (χ1) is 13.1. The van der Waals surface area contributed by atoms with Crippen molar-refractivity contribution < 1.29 is 14.9 Å². The molecule has 2 N–H and O–H groups in total. The Kier molecular flexibility index (Phi) is 4.31. The van der Waals surface area contributed by atoms with Gasteiger partial charge in [0.05, 0.1) is 6.10 Å². The molecule has 0 saturated heterocycles. The number of phenols is 1. The van der Waals surface area contributed by atoms with Gasteiger partial charge in [-0.3, -0.25) is 0 Å². The topological polar surface area (TPSA) is 49.7 Å². The molecule has 27 heavy (non-hydrogen) atoms. The third-order valence-electron chi connectivity index (χ3n) is 7.55. The van der Waals surface area contributed by atoms with Crippen LogP contribution in [-0.4, -0.2) is 22.4 Å². The van der Waals surface area contributed by atoms with Crippen LogP contribution in [0.3, 0.4) is 0 Å². The maximum Gasteiger partial charge on any atom is 0.123 e. The van der Waals surface area contributed by atoms with Crippen molar-refractivity contribution in [3.8, 4) is 11.5 Å². The predicted octanol–water partition coefficient (Wildman–Crippen LogP) is 5.06. The van der Waals surface area contributed by atoms with Crippen molar-refractivity contribution in [2.75, 3.05) is 0 Å². The van der Waals surface area contributed by atoms with Crippen LogP contribution in [0.25, 0.3) is 10.8 Å². The highest BCUT2D eigenvalue weighted by Crippen LogP contribution is 2.53. The van der Waals surface area contributed by atoms with E-state index in [1.807, 2.05) is 12.1 Å². The van der Waals surface area contributed by atoms with E-state index in [9.17, 15) is 10.2 Å². The largest absolute Gasteiger partial charge is 0.508 e. The van der Waals surface area contributed by atoms with Crippen molar-refractivity contribution in [3.05, 3.63) is 35.9 Å². The summed E-state index contributed by atoms with van der Waals surface area (Å²) in [4.78, 5) is 0. The monoisotopic (exact) mass is 366 g/mol. The Morgan fingerprint density at radius 3 is 2.78 bits per heavy atom. The molecule has 2 saturated carbocycles. The van der Waals surface area contributed by atoms with Gasteiger partial charge in [0, 0.05) is 11.5 Å². The molecule has 0 spiro atoms. The second kappa shape index (κ2) is 6.70. The summed E-state index contributed by atoms with van der Waals surface area (Å²) in [5.74, 6) is 3.93. The second-order valence-corrected chi connectivity index (χ2v) is 9.05. The minimum Gasteiger partial charge on any atom is -0.508 e. The first kappa shape index (κ1) is 17.4. The van der Waals surface area contributed by atoms with Crippen molar-refractivity contribution in [1.82, 2.24) is 0 Å². The SMILES string of the molecule is CCCC1CC2Oc3ccc4cc(O)ccc4c3CC2C2CCC(O)CC12. The molecule has 2 aromatic carbocycles. The molecule has 0 amide bonds. The minimum absolute atomic E-state index is 0.109. The van der Waals surface area contributed by atoms with Gasteiger partial charge in [-0.25, -0.2) is 0 Å². The molecule has 2 aliphatic carbocycles. The second-order valence-electron chi connectivity index (χ2n) is 9.05. The van der Waals surface area contributed by atoms with E-state index in [0.29, 0.717) is 35.5 Å².